The van der Waals surface area contributed by atoms with Crippen LogP contribution in [0.5, 0.6) is 0 Å². The van der Waals surface area contributed by atoms with E-state index in [1.165, 1.54) is 64.2 Å². The molecule has 0 bridgehead atoms. The largest absolute Gasteiger partial charge is 0.0654 e. The molecule has 0 unspecified atom stereocenters. The van der Waals surface area contributed by atoms with Crippen LogP contribution in [0.25, 0.3) is 0 Å². The van der Waals surface area contributed by atoms with Gasteiger partial charge >= 0.3 is 0 Å². The third kappa shape index (κ3) is 3.27. The van der Waals surface area contributed by atoms with Crippen LogP contribution in [0.15, 0.2) is 24.3 Å². The van der Waals surface area contributed by atoms with E-state index in [1.54, 1.807) is 11.1 Å². The lowest BCUT2D eigenvalue weighted by Crippen LogP contribution is -2.13. The number of hydrogen-bond donors (Lipinski definition) is 0. The minimum Gasteiger partial charge on any atom is -0.0654 e. The summed E-state index contributed by atoms with van der Waals surface area (Å²) in [5.41, 5.74) is 3.22. The van der Waals surface area contributed by atoms with E-state index in [4.69, 9.17) is 0 Å². The molecule has 20 heavy (non-hydrogen) atoms. The molecule has 2 fully saturated rings. The molecule has 0 N–H and O–H groups in total. The van der Waals surface area contributed by atoms with Crippen LogP contribution < -0.4 is 0 Å². The molecule has 3 rings (SSSR count). The van der Waals surface area contributed by atoms with Crippen LogP contribution in [0.3, 0.4) is 0 Å². The Kier molecular flexibility index (Phi) is 4.81. The van der Waals surface area contributed by atoms with Crippen molar-refractivity contribution in [2.24, 2.45) is 5.92 Å². The molecule has 0 aromatic heterocycles. The second-order valence-corrected chi connectivity index (χ2v) is 7.15. The predicted octanol–water partition coefficient (Wildman–Crippen LogP) is 6.42. The summed E-state index contributed by atoms with van der Waals surface area (Å²) < 4.78 is 0. The second-order valence-electron chi connectivity index (χ2n) is 7.15. The summed E-state index contributed by atoms with van der Waals surface area (Å²) in [5.74, 6) is 2.74. The van der Waals surface area contributed by atoms with Gasteiger partial charge in [0.15, 0.2) is 0 Å². The van der Waals surface area contributed by atoms with E-state index >= 15 is 0 Å². The molecule has 2 saturated carbocycles. The molecule has 0 nitrogen and oxygen atoms in total. The Morgan fingerprint density at radius 2 is 1.25 bits per heavy atom. The maximum absolute atomic E-state index is 2.44. The van der Waals surface area contributed by atoms with Crippen molar-refractivity contribution in [1.29, 1.82) is 0 Å². The molecular weight excluding hydrogens is 240 g/mol. The molecule has 1 aromatic carbocycles. The van der Waals surface area contributed by atoms with Gasteiger partial charge in [-0.15, -0.1) is 0 Å². The zero-order valence-electron chi connectivity index (χ0n) is 13.1. The van der Waals surface area contributed by atoms with E-state index in [0.717, 1.165) is 17.8 Å². The normalized spacial score (nSPS) is 27.9. The first-order valence-electron chi connectivity index (χ1n) is 8.96. The van der Waals surface area contributed by atoms with Gasteiger partial charge in [0.2, 0.25) is 0 Å². The van der Waals surface area contributed by atoms with Crippen molar-refractivity contribution in [3.05, 3.63) is 35.4 Å². The zero-order valence-corrected chi connectivity index (χ0v) is 13.1. The van der Waals surface area contributed by atoms with Crippen LogP contribution in [0, 0.1) is 5.92 Å². The topological polar surface area (TPSA) is 0 Å². The summed E-state index contributed by atoms with van der Waals surface area (Å²) in [5, 5.41) is 0. The Labute approximate surface area is 125 Å². The lowest BCUT2D eigenvalue weighted by molar-refractivity contribution is 0.308. The smallest absolute Gasteiger partial charge is 0.0162 e. The summed E-state index contributed by atoms with van der Waals surface area (Å²) in [4.78, 5) is 0. The van der Waals surface area contributed by atoms with E-state index in [-0.39, 0.29) is 0 Å². The highest BCUT2D eigenvalue weighted by atomic mass is 14.3. The SMILES string of the molecule is CCCC1CCC(c2ccc(C3CCCC3)cc2)CC1. The average Bonchev–Trinajstić information content (AvgIpc) is 3.03. The van der Waals surface area contributed by atoms with Crippen molar-refractivity contribution in [2.45, 2.75) is 83.0 Å². The Hall–Kier alpha value is -0.780. The fraction of sp³-hybridized carbons (Fsp3) is 0.700. The van der Waals surface area contributed by atoms with E-state index in [0.29, 0.717) is 0 Å². The highest BCUT2D eigenvalue weighted by molar-refractivity contribution is 5.28. The summed E-state index contributed by atoms with van der Waals surface area (Å²) in [6.07, 6.45) is 14.3. The molecule has 0 radical (unpaired) electrons. The molecule has 1 aromatic rings. The molecule has 110 valence electrons. The first-order chi connectivity index (χ1) is 9.86. The fourth-order valence-electron chi connectivity index (χ4n) is 4.49. The quantitative estimate of drug-likeness (QED) is 0.592. The van der Waals surface area contributed by atoms with Gasteiger partial charge in [-0.3, -0.25) is 0 Å². The minimum atomic E-state index is 0.848. The van der Waals surface area contributed by atoms with Crippen LogP contribution in [0.2, 0.25) is 0 Å². The van der Waals surface area contributed by atoms with Crippen molar-refractivity contribution in [2.75, 3.05) is 0 Å². The maximum atomic E-state index is 2.44. The Balaban J connectivity index is 1.58. The van der Waals surface area contributed by atoms with Gasteiger partial charge in [-0.25, -0.2) is 0 Å². The lowest BCUT2D eigenvalue weighted by atomic mass is 9.77. The number of benzene rings is 1. The van der Waals surface area contributed by atoms with Crippen molar-refractivity contribution in [3.63, 3.8) is 0 Å². The Bertz CT molecular complexity index is 389. The molecule has 0 saturated heterocycles. The van der Waals surface area contributed by atoms with Crippen molar-refractivity contribution in [3.8, 4) is 0 Å². The van der Waals surface area contributed by atoms with E-state index in [1.807, 2.05) is 0 Å². The first kappa shape index (κ1) is 14.2. The van der Waals surface area contributed by atoms with Gasteiger partial charge in [0.05, 0.1) is 0 Å². The van der Waals surface area contributed by atoms with Gasteiger partial charge in [0.1, 0.15) is 0 Å². The Morgan fingerprint density at radius 1 is 0.750 bits per heavy atom. The van der Waals surface area contributed by atoms with E-state index in [9.17, 15) is 0 Å². The molecule has 0 amide bonds. The van der Waals surface area contributed by atoms with E-state index < -0.39 is 0 Å². The van der Waals surface area contributed by atoms with E-state index in [2.05, 4.69) is 31.2 Å². The number of rotatable bonds is 4. The Morgan fingerprint density at radius 3 is 1.75 bits per heavy atom. The summed E-state index contributed by atoms with van der Waals surface area (Å²) in [6.45, 7) is 2.33. The highest BCUT2D eigenvalue weighted by Crippen LogP contribution is 2.39. The summed E-state index contributed by atoms with van der Waals surface area (Å²) in [7, 11) is 0. The van der Waals surface area contributed by atoms with Gasteiger partial charge in [-0.2, -0.15) is 0 Å². The highest BCUT2D eigenvalue weighted by Gasteiger charge is 2.22. The molecule has 0 spiro atoms. The third-order valence-electron chi connectivity index (χ3n) is 5.78. The van der Waals surface area contributed by atoms with Crippen molar-refractivity contribution >= 4 is 0 Å². The van der Waals surface area contributed by atoms with Crippen LogP contribution in [-0.2, 0) is 0 Å². The fourth-order valence-corrected chi connectivity index (χ4v) is 4.49. The standard InChI is InChI=1S/C20H30/c1-2-5-16-8-10-18(11-9-16)20-14-12-19(13-15-20)17-6-3-4-7-17/h12-18H,2-11H2,1H3. The van der Waals surface area contributed by atoms with Gasteiger partial charge < -0.3 is 0 Å². The van der Waals surface area contributed by atoms with Crippen LogP contribution in [0.1, 0.15) is 94.1 Å². The second kappa shape index (κ2) is 6.78. The third-order valence-corrected chi connectivity index (χ3v) is 5.78. The molecule has 0 aliphatic heterocycles. The summed E-state index contributed by atoms with van der Waals surface area (Å²) >= 11 is 0. The van der Waals surface area contributed by atoms with Gasteiger partial charge in [-0.05, 0) is 67.4 Å². The van der Waals surface area contributed by atoms with Crippen LogP contribution in [-0.4, -0.2) is 0 Å². The van der Waals surface area contributed by atoms with Crippen molar-refractivity contribution < 1.29 is 0 Å². The number of hydrogen-bond acceptors (Lipinski definition) is 0. The van der Waals surface area contributed by atoms with Crippen molar-refractivity contribution in [1.82, 2.24) is 0 Å². The average molecular weight is 270 g/mol. The molecule has 0 atom stereocenters. The van der Waals surface area contributed by atoms with Gasteiger partial charge in [0, 0.05) is 0 Å². The molecule has 0 heteroatoms. The minimum absolute atomic E-state index is 0.848. The van der Waals surface area contributed by atoms with Crippen LogP contribution >= 0.6 is 0 Å². The summed E-state index contributed by atoms with van der Waals surface area (Å²) in [6, 6.07) is 9.75. The molecule has 0 heterocycles. The van der Waals surface area contributed by atoms with Gasteiger partial charge in [-0.1, -0.05) is 56.9 Å². The predicted molar refractivity (Wildman–Crippen MR) is 87.3 cm³/mol. The monoisotopic (exact) mass is 270 g/mol. The molecule has 2 aliphatic carbocycles. The zero-order chi connectivity index (χ0) is 13.8. The lowest BCUT2D eigenvalue weighted by Gasteiger charge is -2.28. The molecular formula is C20H30. The van der Waals surface area contributed by atoms with Gasteiger partial charge in [0.25, 0.3) is 0 Å². The maximum Gasteiger partial charge on any atom is -0.0162 e. The molecule has 2 aliphatic rings. The first-order valence-corrected chi connectivity index (χ1v) is 8.96. The van der Waals surface area contributed by atoms with Crippen LogP contribution in [0.4, 0.5) is 0 Å².